The van der Waals surface area contributed by atoms with Gasteiger partial charge < -0.3 is 5.32 Å². The van der Waals surface area contributed by atoms with Crippen LogP contribution < -0.4 is 5.32 Å². The molecular formula is C22H15ClN2OS. The Morgan fingerprint density at radius 3 is 2.41 bits per heavy atom. The largest absolute Gasteiger partial charge is 0.319 e. The molecular weight excluding hydrogens is 376 g/mol. The van der Waals surface area contributed by atoms with Crippen molar-refractivity contribution in [3.63, 3.8) is 0 Å². The first-order valence-corrected chi connectivity index (χ1v) is 9.59. The second kappa shape index (κ2) is 7.74. The van der Waals surface area contributed by atoms with E-state index in [9.17, 15) is 4.79 Å². The van der Waals surface area contributed by atoms with Crippen LogP contribution >= 0.6 is 22.9 Å². The topological polar surface area (TPSA) is 42.0 Å². The molecule has 3 aromatic carbocycles. The first-order valence-electron chi connectivity index (χ1n) is 8.39. The Kier molecular flexibility index (Phi) is 5.01. The van der Waals surface area contributed by atoms with Crippen molar-refractivity contribution >= 4 is 50.8 Å². The van der Waals surface area contributed by atoms with Crippen molar-refractivity contribution in [3.05, 3.63) is 100 Å². The smallest absolute Gasteiger partial charge is 0.255 e. The highest BCUT2D eigenvalue weighted by Crippen LogP contribution is 2.28. The van der Waals surface area contributed by atoms with E-state index in [1.165, 1.54) is 11.3 Å². The molecule has 0 unspecified atom stereocenters. The second-order valence-corrected chi connectivity index (χ2v) is 7.32. The number of aromatic nitrogens is 1. The van der Waals surface area contributed by atoms with Gasteiger partial charge in [0.05, 0.1) is 15.9 Å². The normalized spacial score (nSPS) is 11.5. The molecule has 27 heavy (non-hydrogen) atoms. The summed E-state index contributed by atoms with van der Waals surface area (Å²) < 4.78 is 1.06. The fraction of sp³-hybridized carbons (Fsp3) is 0. The lowest BCUT2D eigenvalue weighted by atomic mass is 10.1. The zero-order valence-corrected chi connectivity index (χ0v) is 15.8. The SMILES string of the molecule is O=C(N/C(=C\c1ccccc1Cl)c1nc2ccccc2s1)c1ccccc1. The van der Waals surface area contributed by atoms with Crippen LogP contribution in [0.25, 0.3) is 22.0 Å². The van der Waals surface area contributed by atoms with E-state index in [2.05, 4.69) is 10.3 Å². The Morgan fingerprint density at radius 2 is 1.63 bits per heavy atom. The third-order valence-electron chi connectivity index (χ3n) is 4.01. The van der Waals surface area contributed by atoms with E-state index in [1.54, 1.807) is 12.1 Å². The summed E-state index contributed by atoms with van der Waals surface area (Å²) in [6.07, 6.45) is 1.86. The number of carbonyl (C=O) groups excluding carboxylic acids is 1. The summed E-state index contributed by atoms with van der Waals surface area (Å²) in [5, 5.41) is 4.35. The van der Waals surface area contributed by atoms with Gasteiger partial charge in [-0.05, 0) is 42.0 Å². The molecule has 0 fully saturated rings. The number of carbonyl (C=O) groups is 1. The zero-order chi connectivity index (χ0) is 18.6. The maximum atomic E-state index is 12.7. The lowest BCUT2D eigenvalue weighted by Gasteiger charge is -2.08. The van der Waals surface area contributed by atoms with E-state index in [1.807, 2.05) is 72.8 Å². The number of fused-ring (bicyclic) bond motifs is 1. The minimum Gasteiger partial charge on any atom is -0.319 e. The Labute approximate surface area is 166 Å². The minimum absolute atomic E-state index is 0.187. The van der Waals surface area contributed by atoms with Gasteiger partial charge in [0.1, 0.15) is 5.01 Å². The summed E-state index contributed by atoms with van der Waals surface area (Å²) in [7, 11) is 0. The van der Waals surface area contributed by atoms with E-state index in [0.29, 0.717) is 16.3 Å². The number of halogens is 1. The van der Waals surface area contributed by atoms with Crippen molar-refractivity contribution in [1.29, 1.82) is 0 Å². The summed E-state index contributed by atoms with van der Waals surface area (Å²) in [4.78, 5) is 17.4. The quantitative estimate of drug-likeness (QED) is 0.473. The van der Waals surface area contributed by atoms with Gasteiger partial charge in [-0.15, -0.1) is 11.3 Å². The third-order valence-corrected chi connectivity index (χ3v) is 5.43. The van der Waals surface area contributed by atoms with Crippen molar-refractivity contribution in [2.75, 3.05) is 0 Å². The number of hydrogen-bond acceptors (Lipinski definition) is 3. The molecule has 5 heteroatoms. The van der Waals surface area contributed by atoms with Gasteiger partial charge in [0.25, 0.3) is 5.91 Å². The van der Waals surface area contributed by atoms with E-state index in [4.69, 9.17) is 11.6 Å². The Balaban J connectivity index is 1.77. The van der Waals surface area contributed by atoms with Crippen molar-refractivity contribution in [2.45, 2.75) is 0 Å². The highest BCUT2D eigenvalue weighted by atomic mass is 35.5. The van der Waals surface area contributed by atoms with Gasteiger partial charge in [-0.3, -0.25) is 4.79 Å². The van der Waals surface area contributed by atoms with Crippen molar-refractivity contribution < 1.29 is 4.79 Å². The molecule has 0 aliphatic carbocycles. The Morgan fingerprint density at radius 1 is 0.926 bits per heavy atom. The molecule has 0 saturated heterocycles. The van der Waals surface area contributed by atoms with Crippen molar-refractivity contribution in [1.82, 2.24) is 10.3 Å². The Bertz CT molecular complexity index is 1100. The highest BCUT2D eigenvalue weighted by Gasteiger charge is 2.14. The number of nitrogens with zero attached hydrogens (tertiary/aromatic N) is 1. The van der Waals surface area contributed by atoms with Gasteiger partial charge >= 0.3 is 0 Å². The number of nitrogens with one attached hydrogen (secondary N) is 1. The predicted octanol–water partition coefficient (Wildman–Crippen LogP) is 5.88. The lowest BCUT2D eigenvalue weighted by Crippen LogP contribution is -2.21. The molecule has 1 aromatic heterocycles. The summed E-state index contributed by atoms with van der Waals surface area (Å²) in [5.41, 5.74) is 2.93. The maximum absolute atomic E-state index is 12.7. The molecule has 0 radical (unpaired) electrons. The van der Waals surface area contributed by atoms with Gasteiger partial charge in [-0.25, -0.2) is 4.98 Å². The van der Waals surface area contributed by atoms with E-state index >= 15 is 0 Å². The number of para-hydroxylation sites is 1. The van der Waals surface area contributed by atoms with Crippen LogP contribution in [-0.4, -0.2) is 10.9 Å². The number of amides is 1. The monoisotopic (exact) mass is 390 g/mol. The molecule has 0 spiro atoms. The van der Waals surface area contributed by atoms with Gasteiger partial charge in [-0.2, -0.15) is 0 Å². The first-order chi connectivity index (χ1) is 13.2. The summed E-state index contributed by atoms with van der Waals surface area (Å²) in [5.74, 6) is -0.187. The molecule has 4 rings (SSSR count). The van der Waals surface area contributed by atoms with E-state index in [0.717, 1.165) is 20.8 Å². The number of rotatable bonds is 4. The molecule has 0 aliphatic rings. The highest BCUT2D eigenvalue weighted by molar-refractivity contribution is 7.19. The molecule has 1 heterocycles. The molecule has 3 nitrogen and oxygen atoms in total. The van der Waals surface area contributed by atoms with Crippen molar-refractivity contribution in [2.24, 2.45) is 0 Å². The Hall–Kier alpha value is -2.95. The first kappa shape index (κ1) is 17.5. The fourth-order valence-electron chi connectivity index (χ4n) is 2.67. The van der Waals surface area contributed by atoms with Crippen LogP contribution in [-0.2, 0) is 0 Å². The molecule has 1 N–H and O–H groups in total. The van der Waals surface area contributed by atoms with Gasteiger partial charge in [0, 0.05) is 10.6 Å². The standard InChI is InChI=1S/C22H15ClN2OS/c23-17-11-5-4-10-16(17)14-19(24-21(26)15-8-2-1-3-9-15)22-25-18-12-6-7-13-20(18)27-22/h1-14H,(H,24,26)/b19-14-. The maximum Gasteiger partial charge on any atom is 0.255 e. The average Bonchev–Trinajstić information content (AvgIpc) is 3.14. The van der Waals surface area contributed by atoms with E-state index in [-0.39, 0.29) is 5.91 Å². The molecule has 0 saturated carbocycles. The molecule has 0 atom stereocenters. The van der Waals surface area contributed by atoms with Crippen LogP contribution in [0.2, 0.25) is 5.02 Å². The summed E-state index contributed by atoms with van der Waals surface area (Å²) in [6.45, 7) is 0. The second-order valence-electron chi connectivity index (χ2n) is 5.89. The average molecular weight is 391 g/mol. The number of hydrogen-bond donors (Lipinski definition) is 1. The van der Waals surface area contributed by atoms with Crippen LogP contribution in [0.3, 0.4) is 0 Å². The van der Waals surface area contributed by atoms with Crippen LogP contribution in [0.1, 0.15) is 20.9 Å². The minimum atomic E-state index is -0.187. The summed E-state index contributed by atoms with van der Waals surface area (Å²) in [6, 6.07) is 24.5. The number of benzene rings is 3. The lowest BCUT2D eigenvalue weighted by molar-refractivity contribution is 0.0974. The fourth-order valence-corrected chi connectivity index (χ4v) is 3.80. The molecule has 4 aromatic rings. The van der Waals surface area contributed by atoms with Crippen molar-refractivity contribution in [3.8, 4) is 0 Å². The number of thiazole rings is 1. The summed E-state index contributed by atoms with van der Waals surface area (Å²) >= 11 is 7.84. The van der Waals surface area contributed by atoms with E-state index < -0.39 is 0 Å². The van der Waals surface area contributed by atoms with Crippen LogP contribution in [0.4, 0.5) is 0 Å². The predicted molar refractivity (Wildman–Crippen MR) is 113 cm³/mol. The molecule has 1 amide bonds. The van der Waals surface area contributed by atoms with Gasteiger partial charge in [-0.1, -0.05) is 60.1 Å². The van der Waals surface area contributed by atoms with Gasteiger partial charge in [0.2, 0.25) is 0 Å². The zero-order valence-electron chi connectivity index (χ0n) is 14.2. The van der Waals surface area contributed by atoms with Crippen LogP contribution in [0, 0.1) is 0 Å². The van der Waals surface area contributed by atoms with Crippen LogP contribution in [0.15, 0.2) is 78.9 Å². The molecule has 132 valence electrons. The van der Waals surface area contributed by atoms with Gasteiger partial charge in [0.15, 0.2) is 0 Å². The third kappa shape index (κ3) is 3.92. The molecule has 0 bridgehead atoms. The van der Waals surface area contributed by atoms with Crippen LogP contribution in [0.5, 0.6) is 0 Å². The molecule has 0 aliphatic heterocycles.